The van der Waals surface area contributed by atoms with E-state index in [1.807, 2.05) is 0 Å². The van der Waals surface area contributed by atoms with Crippen LogP contribution in [-0.4, -0.2) is 31.9 Å². The number of sulfonamides is 1. The number of nitrogens with zero attached hydrogens (tertiary/aromatic N) is 1. The monoisotopic (exact) mass is 368 g/mol. The third-order valence-electron chi connectivity index (χ3n) is 2.39. The SMILES string of the molecule is NC1CN(S(=O)(=O)c2ccc(Br)cc2Br)C1. The number of nitrogens with two attached hydrogens (primary N) is 1. The number of rotatable bonds is 2. The molecule has 0 spiro atoms. The molecule has 0 aromatic heterocycles. The van der Waals surface area contributed by atoms with Gasteiger partial charge in [-0.15, -0.1) is 0 Å². The van der Waals surface area contributed by atoms with Crippen LogP contribution in [0.25, 0.3) is 0 Å². The van der Waals surface area contributed by atoms with Crippen LogP contribution in [0, 0.1) is 0 Å². The van der Waals surface area contributed by atoms with Crippen molar-refractivity contribution in [2.75, 3.05) is 13.1 Å². The number of hydrogen-bond donors (Lipinski definition) is 1. The lowest BCUT2D eigenvalue weighted by Gasteiger charge is -2.35. The summed E-state index contributed by atoms with van der Waals surface area (Å²) in [7, 11) is -3.40. The Morgan fingerprint density at radius 3 is 2.44 bits per heavy atom. The molecule has 0 atom stereocenters. The summed E-state index contributed by atoms with van der Waals surface area (Å²) in [4.78, 5) is 0.280. The van der Waals surface area contributed by atoms with Gasteiger partial charge in [0.2, 0.25) is 10.0 Å². The molecule has 16 heavy (non-hydrogen) atoms. The van der Waals surface area contributed by atoms with E-state index in [0.717, 1.165) is 4.47 Å². The van der Waals surface area contributed by atoms with Gasteiger partial charge in [0.1, 0.15) is 0 Å². The summed E-state index contributed by atoms with van der Waals surface area (Å²) in [6.45, 7) is 0.787. The Kier molecular flexibility index (Phi) is 3.42. The molecule has 7 heteroatoms. The van der Waals surface area contributed by atoms with E-state index in [2.05, 4.69) is 31.9 Å². The molecule has 1 aliphatic rings. The summed E-state index contributed by atoms with van der Waals surface area (Å²) < 4.78 is 27.0. The highest BCUT2D eigenvalue weighted by Gasteiger charge is 2.35. The highest BCUT2D eigenvalue weighted by Crippen LogP contribution is 2.29. The molecule has 1 fully saturated rings. The molecule has 0 unspecified atom stereocenters. The Bertz CT molecular complexity index is 512. The van der Waals surface area contributed by atoms with Crippen molar-refractivity contribution >= 4 is 41.9 Å². The van der Waals surface area contributed by atoms with Gasteiger partial charge in [0.15, 0.2) is 0 Å². The van der Waals surface area contributed by atoms with E-state index >= 15 is 0 Å². The van der Waals surface area contributed by atoms with Crippen molar-refractivity contribution in [1.82, 2.24) is 4.31 Å². The molecule has 1 saturated heterocycles. The molecule has 0 bridgehead atoms. The Hall–Kier alpha value is 0.0500. The molecule has 0 radical (unpaired) electrons. The first-order chi connectivity index (χ1) is 7.41. The van der Waals surface area contributed by atoms with E-state index in [4.69, 9.17) is 5.73 Å². The van der Waals surface area contributed by atoms with Crippen LogP contribution in [0.2, 0.25) is 0 Å². The summed E-state index contributed by atoms with van der Waals surface area (Å²) in [5, 5.41) is 0. The van der Waals surface area contributed by atoms with Crippen LogP contribution >= 0.6 is 31.9 Å². The first-order valence-electron chi connectivity index (χ1n) is 4.62. The molecule has 1 aliphatic heterocycles. The summed E-state index contributed by atoms with van der Waals surface area (Å²) in [6.07, 6.45) is 0. The molecule has 1 aromatic carbocycles. The second-order valence-electron chi connectivity index (χ2n) is 3.66. The van der Waals surface area contributed by atoms with E-state index in [1.54, 1.807) is 18.2 Å². The second kappa shape index (κ2) is 4.38. The van der Waals surface area contributed by atoms with Crippen molar-refractivity contribution in [3.8, 4) is 0 Å². The molecule has 1 heterocycles. The zero-order chi connectivity index (χ0) is 11.9. The van der Waals surface area contributed by atoms with Crippen molar-refractivity contribution in [2.45, 2.75) is 10.9 Å². The maximum atomic E-state index is 12.1. The van der Waals surface area contributed by atoms with Gasteiger partial charge in [0.05, 0.1) is 4.90 Å². The standard InChI is InChI=1S/C9H10Br2N2O2S/c10-6-1-2-9(8(11)3-6)16(14,15)13-4-7(12)5-13/h1-3,7H,4-5,12H2. The summed E-state index contributed by atoms with van der Waals surface area (Å²) >= 11 is 6.53. The fourth-order valence-corrected chi connectivity index (χ4v) is 4.75. The number of halogens is 2. The third kappa shape index (κ3) is 2.19. The van der Waals surface area contributed by atoms with Gasteiger partial charge in [-0.25, -0.2) is 8.42 Å². The van der Waals surface area contributed by atoms with E-state index in [0.29, 0.717) is 17.6 Å². The van der Waals surface area contributed by atoms with Crippen LogP contribution in [0.1, 0.15) is 0 Å². The van der Waals surface area contributed by atoms with Gasteiger partial charge < -0.3 is 5.73 Å². The highest BCUT2D eigenvalue weighted by molar-refractivity contribution is 9.11. The van der Waals surface area contributed by atoms with Crippen molar-refractivity contribution in [3.63, 3.8) is 0 Å². The molecular weight excluding hydrogens is 360 g/mol. The Labute approximate surface area is 111 Å². The Morgan fingerprint density at radius 1 is 1.31 bits per heavy atom. The van der Waals surface area contributed by atoms with Gasteiger partial charge in [-0.05, 0) is 34.1 Å². The average Bonchev–Trinajstić information content (AvgIpc) is 2.12. The van der Waals surface area contributed by atoms with Crippen molar-refractivity contribution in [1.29, 1.82) is 0 Å². The molecule has 4 nitrogen and oxygen atoms in total. The summed E-state index contributed by atoms with van der Waals surface area (Å²) in [5.41, 5.74) is 5.58. The molecular formula is C9H10Br2N2O2S. The van der Waals surface area contributed by atoms with E-state index in [-0.39, 0.29) is 10.9 Å². The van der Waals surface area contributed by atoms with Crippen LogP contribution in [0.4, 0.5) is 0 Å². The van der Waals surface area contributed by atoms with Crippen molar-refractivity contribution < 1.29 is 8.42 Å². The Balaban J connectivity index is 2.36. The van der Waals surface area contributed by atoms with Gasteiger partial charge in [-0.2, -0.15) is 4.31 Å². The molecule has 0 saturated carbocycles. The van der Waals surface area contributed by atoms with Crippen LogP contribution in [0.3, 0.4) is 0 Å². The smallest absolute Gasteiger partial charge is 0.244 e. The first kappa shape index (κ1) is 12.5. The molecule has 0 aliphatic carbocycles. The summed E-state index contributed by atoms with van der Waals surface area (Å²) in [6, 6.07) is 4.96. The molecule has 1 aromatic rings. The third-order valence-corrected chi connectivity index (χ3v) is 5.69. The van der Waals surface area contributed by atoms with Crippen LogP contribution in [0.5, 0.6) is 0 Å². The zero-order valence-electron chi connectivity index (χ0n) is 8.23. The normalized spacial score (nSPS) is 18.4. The lowest BCUT2D eigenvalue weighted by atomic mass is 10.2. The minimum absolute atomic E-state index is 0.0380. The summed E-state index contributed by atoms with van der Waals surface area (Å²) in [5.74, 6) is 0. The second-order valence-corrected chi connectivity index (χ2v) is 7.33. The maximum Gasteiger partial charge on any atom is 0.244 e. The quantitative estimate of drug-likeness (QED) is 0.860. The predicted octanol–water partition coefficient (Wildman–Crippen LogP) is 1.54. The van der Waals surface area contributed by atoms with Crippen LogP contribution < -0.4 is 5.73 Å². The fraction of sp³-hybridized carbons (Fsp3) is 0.333. The lowest BCUT2D eigenvalue weighted by molar-refractivity contribution is 0.265. The number of benzene rings is 1. The molecule has 88 valence electrons. The zero-order valence-corrected chi connectivity index (χ0v) is 12.2. The maximum absolute atomic E-state index is 12.1. The van der Waals surface area contributed by atoms with Crippen molar-refractivity contribution in [3.05, 3.63) is 27.1 Å². The largest absolute Gasteiger partial charge is 0.325 e. The van der Waals surface area contributed by atoms with E-state index in [9.17, 15) is 8.42 Å². The van der Waals surface area contributed by atoms with E-state index < -0.39 is 10.0 Å². The molecule has 2 N–H and O–H groups in total. The van der Waals surface area contributed by atoms with E-state index in [1.165, 1.54) is 4.31 Å². The minimum Gasteiger partial charge on any atom is -0.325 e. The van der Waals surface area contributed by atoms with Gasteiger partial charge in [0.25, 0.3) is 0 Å². The minimum atomic E-state index is -3.40. The molecule has 0 amide bonds. The topological polar surface area (TPSA) is 63.4 Å². The first-order valence-corrected chi connectivity index (χ1v) is 7.64. The lowest BCUT2D eigenvalue weighted by Crippen LogP contribution is -2.57. The molecule has 2 rings (SSSR count). The van der Waals surface area contributed by atoms with Gasteiger partial charge in [-0.1, -0.05) is 15.9 Å². The predicted molar refractivity (Wildman–Crippen MR) is 68.6 cm³/mol. The van der Waals surface area contributed by atoms with Gasteiger partial charge in [0, 0.05) is 28.1 Å². The fourth-order valence-electron chi connectivity index (χ4n) is 1.49. The van der Waals surface area contributed by atoms with Gasteiger partial charge >= 0.3 is 0 Å². The highest BCUT2D eigenvalue weighted by atomic mass is 79.9. The van der Waals surface area contributed by atoms with Crippen LogP contribution in [-0.2, 0) is 10.0 Å². The van der Waals surface area contributed by atoms with Crippen molar-refractivity contribution in [2.24, 2.45) is 5.73 Å². The average molecular weight is 370 g/mol. The van der Waals surface area contributed by atoms with Crippen LogP contribution in [0.15, 0.2) is 32.0 Å². The van der Waals surface area contributed by atoms with Gasteiger partial charge in [-0.3, -0.25) is 0 Å². The number of hydrogen-bond acceptors (Lipinski definition) is 3. The Morgan fingerprint density at radius 2 is 1.94 bits per heavy atom.